The molecule has 2 amide bonds. The SMILES string of the molecule is CNC(=O)[C@@H]1C[C@@H](O)CN1C1CCN(C(=O)c2cc(C)ccc2C)CC1. The summed E-state index contributed by atoms with van der Waals surface area (Å²) in [6, 6.07) is 5.95. The molecule has 0 aromatic heterocycles. The summed E-state index contributed by atoms with van der Waals surface area (Å²) in [5.41, 5.74) is 2.88. The average molecular weight is 359 g/mol. The summed E-state index contributed by atoms with van der Waals surface area (Å²) in [7, 11) is 1.64. The van der Waals surface area contributed by atoms with E-state index in [1.54, 1.807) is 7.05 Å². The number of likely N-dealkylation sites (N-methyl/N-ethyl adjacent to an activating group) is 1. The quantitative estimate of drug-likeness (QED) is 0.847. The molecule has 2 aliphatic rings. The van der Waals surface area contributed by atoms with Gasteiger partial charge in [0.25, 0.3) is 5.91 Å². The topological polar surface area (TPSA) is 72.9 Å². The minimum absolute atomic E-state index is 0.0320. The molecule has 0 unspecified atom stereocenters. The second kappa shape index (κ2) is 7.76. The summed E-state index contributed by atoms with van der Waals surface area (Å²) in [6.45, 7) is 5.88. The minimum atomic E-state index is -0.452. The van der Waals surface area contributed by atoms with Crippen LogP contribution in [0.2, 0.25) is 0 Å². The lowest BCUT2D eigenvalue weighted by Crippen LogP contribution is -2.51. The molecule has 2 atom stereocenters. The monoisotopic (exact) mass is 359 g/mol. The normalized spacial score (nSPS) is 24.7. The van der Waals surface area contributed by atoms with Gasteiger partial charge >= 0.3 is 0 Å². The highest BCUT2D eigenvalue weighted by atomic mass is 16.3. The summed E-state index contributed by atoms with van der Waals surface area (Å²) in [6.07, 6.45) is 1.70. The van der Waals surface area contributed by atoms with Gasteiger partial charge in [-0.05, 0) is 44.7 Å². The third-order valence-electron chi connectivity index (χ3n) is 5.71. The number of nitrogens with zero attached hydrogens (tertiary/aromatic N) is 2. The fraction of sp³-hybridized carbons (Fsp3) is 0.600. The van der Waals surface area contributed by atoms with Gasteiger partial charge in [-0.2, -0.15) is 0 Å². The zero-order valence-electron chi connectivity index (χ0n) is 15.9. The highest BCUT2D eigenvalue weighted by Gasteiger charge is 2.40. The number of nitrogens with one attached hydrogen (secondary N) is 1. The van der Waals surface area contributed by atoms with Crippen LogP contribution in [0, 0.1) is 13.8 Å². The van der Waals surface area contributed by atoms with Crippen molar-refractivity contribution < 1.29 is 14.7 Å². The second-order valence-electron chi connectivity index (χ2n) is 7.56. The van der Waals surface area contributed by atoms with Crippen molar-refractivity contribution in [3.63, 3.8) is 0 Å². The van der Waals surface area contributed by atoms with Crippen LogP contribution in [0.15, 0.2) is 18.2 Å². The Bertz CT molecular complexity index is 683. The predicted octanol–water partition coefficient (Wildman–Crippen LogP) is 1.09. The standard InChI is InChI=1S/C20H29N3O3/c1-13-4-5-14(2)17(10-13)20(26)22-8-6-15(7-9-22)23-12-16(24)11-18(23)19(25)21-3/h4-5,10,15-16,18,24H,6-9,11-12H2,1-3H3,(H,21,25)/t16-,18+/m1/s1. The molecule has 2 heterocycles. The number of β-amino-alcohol motifs (C(OH)–C–C–N with tert-alkyl or cyclic N) is 1. The molecule has 1 aromatic carbocycles. The van der Waals surface area contributed by atoms with E-state index < -0.39 is 6.10 Å². The maximum Gasteiger partial charge on any atom is 0.254 e. The molecule has 0 spiro atoms. The van der Waals surface area contributed by atoms with E-state index in [0.29, 0.717) is 26.1 Å². The van der Waals surface area contributed by atoms with Crippen molar-refractivity contribution in [3.8, 4) is 0 Å². The van der Waals surface area contributed by atoms with Gasteiger partial charge in [-0.15, -0.1) is 0 Å². The van der Waals surface area contributed by atoms with Crippen LogP contribution in [0.25, 0.3) is 0 Å². The molecule has 2 aliphatic heterocycles. The number of aliphatic hydroxyl groups excluding tert-OH is 1. The smallest absolute Gasteiger partial charge is 0.254 e. The molecule has 2 fully saturated rings. The summed E-state index contributed by atoms with van der Waals surface area (Å²) in [5.74, 6) is 0.0596. The first-order chi connectivity index (χ1) is 12.4. The fourth-order valence-corrected chi connectivity index (χ4v) is 4.20. The van der Waals surface area contributed by atoms with Crippen LogP contribution < -0.4 is 5.32 Å². The van der Waals surface area contributed by atoms with Gasteiger partial charge in [0, 0.05) is 38.3 Å². The van der Waals surface area contributed by atoms with Crippen molar-refractivity contribution in [3.05, 3.63) is 34.9 Å². The molecule has 6 nitrogen and oxygen atoms in total. The van der Waals surface area contributed by atoms with Crippen LogP contribution in [0.5, 0.6) is 0 Å². The molecule has 0 aliphatic carbocycles. The summed E-state index contributed by atoms with van der Waals surface area (Å²) in [5, 5.41) is 12.7. The van der Waals surface area contributed by atoms with Gasteiger partial charge in [-0.25, -0.2) is 0 Å². The lowest BCUT2D eigenvalue weighted by molar-refractivity contribution is -0.126. The molecular weight excluding hydrogens is 330 g/mol. The number of piperidine rings is 1. The number of aliphatic hydroxyl groups is 1. The van der Waals surface area contributed by atoms with E-state index in [-0.39, 0.29) is 23.9 Å². The Morgan fingerprint density at radius 2 is 1.88 bits per heavy atom. The van der Waals surface area contributed by atoms with E-state index in [4.69, 9.17) is 0 Å². The maximum absolute atomic E-state index is 12.9. The first kappa shape index (κ1) is 18.9. The highest BCUT2D eigenvalue weighted by Crippen LogP contribution is 2.27. The number of rotatable bonds is 3. The fourth-order valence-electron chi connectivity index (χ4n) is 4.20. The Hall–Kier alpha value is -1.92. The maximum atomic E-state index is 12.9. The molecule has 142 valence electrons. The molecule has 0 radical (unpaired) electrons. The van der Waals surface area contributed by atoms with Gasteiger partial charge in [0.05, 0.1) is 12.1 Å². The largest absolute Gasteiger partial charge is 0.392 e. The molecule has 2 saturated heterocycles. The van der Waals surface area contributed by atoms with E-state index in [2.05, 4.69) is 10.2 Å². The Kier molecular flexibility index (Phi) is 5.63. The number of benzene rings is 1. The van der Waals surface area contributed by atoms with Gasteiger partial charge in [-0.1, -0.05) is 17.7 Å². The van der Waals surface area contributed by atoms with Gasteiger partial charge in [-0.3, -0.25) is 14.5 Å². The third-order valence-corrected chi connectivity index (χ3v) is 5.71. The summed E-state index contributed by atoms with van der Waals surface area (Å²) in [4.78, 5) is 29.0. The second-order valence-corrected chi connectivity index (χ2v) is 7.56. The van der Waals surface area contributed by atoms with Gasteiger partial charge < -0.3 is 15.3 Å². The van der Waals surface area contributed by atoms with Crippen LogP contribution >= 0.6 is 0 Å². The van der Waals surface area contributed by atoms with Crippen molar-refractivity contribution in [2.45, 2.75) is 51.3 Å². The number of carbonyl (C=O) groups excluding carboxylic acids is 2. The molecule has 6 heteroatoms. The number of hydrogen-bond acceptors (Lipinski definition) is 4. The van der Waals surface area contributed by atoms with Crippen molar-refractivity contribution >= 4 is 11.8 Å². The molecule has 0 bridgehead atoms. The van der Waals surface area contributed by atoms with Crippen molar-refractivity contribution in [2.75, 3.05) is 26.7 Å². The van der Waals surface area contributed by atoms with Crippen molar-refractivity contribution in [1.29, 1.82) is 0 Å². The molecule has 2 N–H and O–H groups in total. The number of carbonyl (C=O) groups is 2. The Labute approximate surface area is 155 Å². The molecule has 26 heavy (non-hydrogen) atoms. The number of amides is 2. The van der Waals surface area contributed by atoms with Crippen molar-refractivity contribution in [2.24, 2.45) is 0 Å². The van der Waals surface area contributed by atoms with Crippen LogP contribution in [-0.2, 0) is 4.79 Å². The summed E-state index contributed by atoms with van der Waals surface area (Å²) >= 11 is 0. The van der Waals surface area contributed by atoms with Crippen LogP contribution in [0.1, 0.15) is 40.7 Å². The third kappa shape index (κ3) is 3.76. The Morgan fingerprint density at radius 3 is 2.54 bits per heavy atom. The minimum Gasteiger partial charge on any atom is -0.392 e. The number of likely N-dealkylation sites (tertiary alicyclic amines) is 2. The first-order valence-electron chi connectivity index (χ1n) is 9.42. The van der Waals surface area contributed by atoms with Gasteiger partial charge in [0.15, 0.2) is 0 Å². The van der Waals surface area contributed by atoms with Gasteiger partial charge in [0.2, 0.25) is 5.91 Å². The molecule has 0 saturated carbocycles. The van der Waals surface area contributed by atoms with Crippen LogP contribution in [0.4, 0.5) is 0 Å². The number of hydrogen-bond donors (Lipinski definition) is 2. The van der Waals surface area contributed by atoms with E-state index in [9.17, 15) is 14.7 Å². The van der Waals surface area contributed by atoms with E-state index in [1.165, 1.54) is 0 Å². The van der Waals surface area contributed by atoms with Crippen molar-refractivity contribution in [1.82, 2.24) is 15.1 Å². The zero-order chi connectivity index (χ0) is 18.8. The Morgan fingerprint density at radius 1 is 1.19 bits per heavy atom. The lowest BCUT2D eigenvalue weighted by Gasteiger charge is -2.39. The predicted molar refractivity (Wildman–Crippen MR) is 100 cm³/mol. The number of aryl methyl sites for hydroxylation is 2. The zero-order valence-corrected chi connectivity index (χ0v) is 15.9. The molecule has 3 rings (SSSR count). The Balaban J connectivity index is 1.64. The van der Waals surface area contributed by atoms with E-state index in [1.807, 2.05) is 36.9 Å². The molecule has 1 aromatic rings. The average Bonchev–Trinajstić information content (AvgIpc) is 3.04. The lowest BCUT2D eigenvalue weighted by atomic mass is 9.99. The van der Waals surface area contributed by atoms with Crippen LogP contribution in [-0.4, -0.2) is 71.6 Å². The highest BCUT2D eigenvalue weighted by molar-refractivity contribution is 5.95. The van der Waals surface area contributed by atoms with Gasteiger partial charge in [0.1, 0.15) is 0 Å². The van der Waals surface area contributed by atoms with E-state index in [0.717, 1.165) is 29.5 Å². The van der Waals surface area contributed by atoms with E-state index >= 15 is 0 Å². The molecular formula is C20H29N3O3. The summed E-state index contributed by atoms with van der Waals surface area (Å²) < 4.78 is 0. The van der Waals surface area contributed by atoms with Crippen LogP contribution in [0.3, 0.4) is 0 Å². The first-order valence-corrected chi connectivity index (χ1v) is 9.42.